The standard InChI is InChI=1S/C20H20ClNO3/c21-16-8-6-14(7-9-16)19(10-11-19)18(24)22-12-17(23)20(25,13-22)15-4-2-1-3-5-15/h1-9,17,23,25H,10-13H2. The van der Waals surface area contributed by atoms with Gasteiger partial charge in [0.15, 0.2) is 0 Å². The predicted molar refractivity (Wildman–Crippen MR) is 95.3 cm³/mol. The van der Waals surface area contributed by atoms with Crippen molar-refractivity contribution in [2.45, 2.75) is 30.0 Å². The molecule has 2 fully saturated rings. The number of likely N-dealkylation sites (tertiary alicyclic amines) is 1. The van der Waals surface area contributed by atoms with Gasteiger partial charge in [0.25, 0.3) is 0 Å². The van der Waals surface area contributed by atoms with Crippen molar-refractivity contribution in [3.05, 3.63) is 70.7 Å². The van der Waals surface area contributed by atoms with Crippen LogP contribution in [-0.2, 0) is 15.8 Å². The van der Waals surface area contributed by atoms with Crippen molar-refractivity contribution < 1.29 is 15.0 Å². The molecule has 2 unspecified atom stereocenters. The van der Waals surface area contributed by atoms with E-state index in [0.717, 1.165) is 18.4 Å². The van der Waals surface area contributed by atoms with Crippen LogP contribution in [0.4, 0.5) is 0 Å². The molecule has 5 heteroatoms. The molecule has 1 heterocycles. The Morgan fingerprint density at radius 1 is 1.04 bits per heavy atom. The number of aliphatic hydroxyl groups is 2. The topological polar surface area (TPSA) is 60.8 Å². The zero-order chi connectivity index (χ0) is 17.7. The van der Waals surface area contributed by atoms with E-state index in [4.69, 9.17) is 11.6 Å². The molecule has 2 N–H and O–H groups in total. The lowest BCUT2D eigenvalue weighted by Crippen LogP contribution is -2.41. The number of nitrogens with zero attached hydrogens (tertiary/aromatic N) is 1. The number of amides is 1. The third kappa shape index (κ3) is 2.65. The van der Waals surface area contributed by atoms with Gasteiger partial charge in [0.2, 0.25) is 5.91 Å². The number of benzene rings is 2. The average molecular weight is 358 g/mol. The molecular weight excluding hydrogens is 338 g/mol. The van der Waals surface area contributed by atoms with Crippen LogP contribution in [0.3, 0.4) is 0 Å². The summed E-state index contributed by atoms with van der Waals surface area (Å²) in [6.07, 6.45) is 0.563. The number of β-amino-alcohol motifs (C(OH)–C–C–N with tert-alkyl or cyclic N) is 2. The molecule has 2 aromatic carbocycles. The zero-order valence-electron chi connectivity index (χ0n) is 13.7. The van der Waals surface area contributed by atoms with E-state index < -0.39 is 17.1 Å². The predicted octanol–water partition coefficient (Wildman–Crippen LogP) is 2.46. The molecule has 1 saturated carbocycles. The van der Waals surface area contributed by atoms with Crippen molar-refractivity contribution >= 4 is 17.5 Å². The van der Waals surface area contributed by atoms with Crippen molar-refractivity contribution in [3.8, 4) is 0 Å². The molecule has 0 aromatic heterocycles. The second-order valence-electron chi connectivity index (χ2n) is 7.08. The maximum absolute atomic E-state index is 13.2. The zero-order valence-corrected chi connectivity index (χ0v) is 14.5. The van der Waals surface area contributed by atoms with Gasteiger partial charge in [-0.15, -0.1) is 0 Å². The van der Waals surface area contributed by atoms with Crippen molar-refractivity contribution in [1.82, 2.24) is 4.90 Å². The summed E-state index contributed by atoms with van der Waals surface area (Å²) in [4.78, 5) is 14.7. The number of aliphatic hydroxyl groups excluding tert-OH is 1. The van der Waals surface area contributed by atoms with Crippen LogP contribution in [0.15, 0.2) is 54.6 Å². The fourth-order valence-electron chi connectivity index (χ4n) is 3.81. The Morgan fingerprint density at radius 2 is 1.68 bits per heavy atom. The second kappa shape index (κ2) is 5.84. The van der Waals surface area contributed by atoms with Crippen LogP contribution in [0.5, 0.6) is 0 Å². The second-order valence-corrected chi connectivity index (χ2v) is 7.52. The molecule has 1 amide bonds. The Labute approximate surface area is 151 Å². The van der Waals surface area contributed by atoms with Crippen molar-refractivity contribution in [2.75, 3.05) is 13.1 Å². The summed E-state index contributed by atoms with van der Waals surface area (Å²) in [5.74, 6) is -0.0271. The number of hydrogen-bond acceptors (Lipinski definition) is 3. The Hall–Kier alpha value is -1.88. The van der Waals surface area contributed by atoms with E-state index in [1.54, 1.807) is 29.2 Å². The Balaban J connectivity index is 1.59. The number of carbonyl (C=O) groups excluding carboxylic acids is 1. The van der Waals surface area contributed by atoms with Crippen LogP contribution in [-0.4, -0.2) is 40.2 Å². The molecule has 1 aliphatic carbocycles. The van der Waals surface area contributed by atoms with Crippen molar-refractivity contribution in [1.29, 1.82) is 0 Å². The highest BCUT2D eigenvalue weighted by atomic mass is 35.5. The lowest BCUT2D eigenvalue weighted by atomic mass is 9.91. The van der Waals surface area contributed by atoms with Gasteiger partial charge in [-0.25, -0.2) is 0 Å². The fraction of sp³-hybridized carbons (Fsp3) is 0.350. The summed E-state index contributed by atoms with van der Waals surface area (Å²) in [6, 6.07) is 16.4. The molecule has 130 valence electrons. The Bertz CT molecular complexity index is 788. The lowest BCUT2D eigenvalue weighted by Gasteiger charge is -2.27. The molecule has 0 spiro atoms. The van der Waals surface area contributed by atoms with Crippen LogP contribution < -0.4 is 0 Å². The molecule has 4 rings (SSSR count). The van der Waals surface area contributed by atoms with Gasteiger partial charge >= 0.3 is 0 Å². The minimum atomic E-state index is -1.42. The first-order valence-electron chi connectivity index (χ1n) is 8.47. The molecule has 4 nitrogen and oxygen atoms in total. The van der Waals surface area contributed by atoms with Crippen LogP contribution in [0.25, 0.3) is 0 Å². The number of carbonyl (C=O) groups is 1. The first kappa shape index (κ1) is 16.6. The number of halogens is 1. The minimum absolute atomic E-state index is 0.0271. The number of hydrogen-bond donors (Lipinski definition) is 2. The summed E-state index contributed by atoms with van der Waals surface area (Å²) in [5, 5.41) is 22.1. The monoisotopic (exact) mass is 357 g/mol. The minimum Gasteiger partial charge on any atom is -0.388 e. The molecule has 0 bridgehead atoms. The highest BCUT2D eigenvalue weighted by Gasteiger charge is 2.57. The van der Waals surface area contributed by atoms with Gasteiger partial charge in [-0.2, -0.15) is 0 Å². The van der Waals surface area contributed by atoms with E-state index in [1.165, 1.54) is 0 Å². The third-order valence-corrected chi connectivity index (χ3v) is 5.75. The first-order valence-corrected chi connectivity index (χ1v) is 8.85. The van der Waals surface area contributed by atoms with Gasteiger partial charge < -0.3 is 15.1 Å². The third-order valence-electron chi connectivity index (χ3n) is 5.49. The summed E-state index contributed by atoms with van der Waals surface area (Å²) in [5.41, 5.74) is -0.375. The van der Waals surface area contributed by atoms with E-state index >= 15 is 0 Å². The van der Waals surface area contributed by atoms with Crippen LogP contribution in [0, 0.1) is 0 Å². The van der Waals surface area contributed by atoms with Gasteiger partial charge in [-0.05, 0) is 36.1 Å². The molecule has 1 aliphatic heterocycles. The maximum atomic E-state index is 13.2. The smallest absolute Gasteiger partial charge is 0.233 e. The summed E-state index contributed by atoms with van der Waals surface area (Å²) >= 11 is 5.95. The van der Waals surface area contributed by atoms with Crippen LogP contribution in [0.2, 0.25) is 5.02 Å². The van der Waals surface area contributed by atoms with Gasteiger partial charge in [-0.1, -0.05) is 54.1 Å². The molecule has 2 aliphatic rings. The lowest BCUT2D eigenvalue weighted by molar-refractivity contribution is -0.134. The van der Waals surface area contributed by atoms with E-state index in [-0.39, 0.29) is 19.0 Å². The summed E-state index contributed by atoms with van der Waals surface area (Å²) in [7, 11) is 0. The van der Waals surface area contributed by atoms with Crippen LogP contribution >= 0.6 is 11.6 Å². The first-order chi connectivity index (χ1) is 12.0. The molecule has 2 aromatic rings. The van der Waals surface area contributed by atoms with Gasteiger partial charge in [0.1, 0.15) is 11.7 Å². The van der Waals surface area contributed by atoms with Gasteiger partial charge in [-0.3, -0.25) is 4.79 Å². The molecule has 1 saturated heterocycles. The van der Waals surface area contributed by atoms with Gasteiger partial charge in [0, 0.05) is 11.6 Å². The molecule has 2 atom stereocenters. The Kier molecular flexibility index (Phi) is 3.87. The quantitative estimate of drug-likeness (QED) is 0.887. The molecule has 25 heavy (non-hydrogen) atoms. The maximum Gasteiger partial charge on any atom is 0.233 e. The largest absolute Gasteiger partial charge is 0.388 e. The fourth-order valence-corrected chi connectivity index (χ4v) is 3.93. The summed E-state index contributed by atoms with van der Waals surface area (Å²) in [6.45, 7) is 0.242. The highest BCUT2D eigenvalue weighted by Crippen LogP contribution is 2.50. The SMILES string of the molecule is O=C(N1CC(O)C(O)(c2ccccc2)C1)C1(c2ccc(Cl)cc2)CC1. The van der Waals surface area contributed by atoms with E-state index in [1.807, 2.05) is 30.3 Å². The summed E-state index contributed by atoms with van der Waals surface area (Å²) < 4.78 is 0. The Morgan fingerprint density at radius 3 is 2.28 bits per heavy atom. The van der Waals surface area contributed by atoms with Crippen molar-refractivity contribution in [3.63, 3.8) is 0 Å². The number of rotatable bonds is 3. The van der Waals surface area contributed by atoms with E-state index in [2.05, 4.69) is 0 Å². The van der Waals surface area contributed by atoms with Gasteiger partial charge in [0.05, 0.1) is 12.0 Å². The van der Waals surface area contributed by atoms with E-state index in [9.17, 15) is 15.0 Å². The average Bonchev–Trinajstić information content (AvgIpc) is 3.37. The highest BCUT2D eigenvalue weighted by molar-refractivity contribution is 6.30. The molecular formula is C20H20ClNO3. The van der Waals surface area contributed by atoms with E-state index in [0.29, 0.717) is 10.6 Å². The molecule has 0 radical (unpaired) electrons. The van der Waals surface area contributed by atoms with Crippen molar-refractivity contribution in [2.24, 2.45) is 0 Å². The normalized spacial score (nSPS) is 27.3. The van der Waals surface area contributed by atoms with Crippen LogP contribution in [0.1, 0.15) is 24.0 Å².